The fourth-order valence-electron chi connectivity index (χ4n) is 1.63. The van der Waals surface area contributed by atoms with Gasteiger partial charge >= 0.3 is 0 Å². The molecule has 0 fully saturated rings. The molecule has 1 rings (SSSR count). The first-order chi connectivity index (χ1) is 6.97. The fraction of sp³-hybridized carbons (Fsp3) is 0.333. The summed E-state index contributed by atoms with van der Waals surface area (Å²) in [4.78, 5) is 0. The summed E-state index contributed by atoms with van der Waals surface area (Å²) in [6.07, 6.45) is 2.92. The van der Waals surface area contributed by atoms with Crippen LogP contribution in [0, 0.1) is 12.3 Å². The van der Waals surface area contributed by atoms with Gasteiger partial charge in [0.15, 0.2) is 0 Å². The molecule has 0 bridgehead atoms. The highest BCUT2D eigenvalue weighted by Crippen LogP contribution is 2.36. The van der Waals surface area contributed by atoms with Crippen molar-refractivity contribution in [2.45, 2.75) is 27.2 Å². The number of aryl methyl sites for hydroxylation is 1. The second-order valence-electron chi connectivity index (χ2n) is 4.72. The fourth-order valence-corrected chi connectivity index (χ4v) is 1.63. The Balaban J connectivity index is 2.94. The van der Waals surface area contributed by atoms with E-state index in [2.05, 4.69) is 58.2 Å². The lowest BCUT2D eigenvalue weighted by atomic mass is 9.78. The van der Waals surface area contributed by atoms with E-state index in [0.717, 1.165) is 6.42 Å². The number of benzene rings is 1. The number of hydrogen-bond acceptors (Lipinski definition) is 0. The van der Waals surface area contributed by atoms with E-state index in [1.807, 2.05) is 6.08 Å². The molecular formula is C15H20. The molecule has 0 amide bonds. The molecule has 0 nitrogen and oxygen atoms in total. The monoisotopic (exact) mass is 200 g/mol. The minimum atomic E-state index is 0.0943. The molecule has 0 aromatic heterocycles. The van der Waals surface area contributed by atoms with Crippen LogP contribution >= 0.6 is 0 Å². The molecule has 0 heterocycles. The van der Waals surface area contributed by atoms with Crippen LogP contribution in [0.5, 0.6) is 0 Å². The largest absolute Gasteiger partial charge is 0.103 e. The lowest BCUT2D eigenvalue weighted by Crippen LogP contribution is -2.11. The van der Waals surface area contributed by atoms with Crippen LogP contribution < -0.4 is 0 Å². The van der Waals surface area contributed by atoms with Gasteiger partial charge in [0.05, 0.1) is 0 Å². The van der Waals surface area contributed by atoms with Crippen molar-refractivity contribution in [3.8, 4) is 0 Å². The van der Waals surface area contributed by atoms with Crippen molar-refractivity contribution < 1.29 is 0 Å². The van der Waals surface area contributed by atoms with E-state index >= 15 is 0 Å². The van der Waals surface area contributed by atoms with Gasteiger partial charge in [0.25, 0.3) is 0 Å². The highest BCUT2D eigenvalue weighted by molar-refractivity contribution is 5.68. The molecule has 0 heteroatoms. The zero-order valence-corrected chi connectivity index (χ0v) is 10.0. The summed E-state index contributed by atoms with van der Waals surface area (Å²) in [5.41, 5.74) is 3.79. The van der Waals surface area contributed by atoms with E-state index in [9.17, 15) is 0 Å². The van der Waals surface area contributed by atoms with Crippen LogP contribution in [0.15, 0.2) is 43.5 Å². The summed E-state index contributed by atoms with van der Waals surface area (Å²) in [6, 6.07) is 8.54. The first-order valence-electron chi connectivity index (χ1n) is 5.34. The average molecular weight is 200 g/mol. The smallest absolute Gasteiger partial charge is 0.00691 e. The quantitative estimate of drug-likeness (QED) is 0.622. The maximum atomic E-state index is 4.20. The third kappa shape index (κ3) is 2.82. The lowest BCUT2D eigenvalue weighted by molar-refractivity contribution is 0.511. The van der Waals surface area contributed by atoms with Crippen LogP contribution in [-0.4, -0.2) is 0 Å². The highest BCUT2D eigenvalue weighted by atomic mass is 14.2. The Morgan fingerprint density at radius 2 is 1.80 bits per heavy atom. The maximum absolute atomic E-state index is 4.20. The molecule has 0 radical (unpaired) electrons. The summed E-state index contributed by atoms with van der Waals surface area (Å²) in [5.74, 6) is 0. The molecule has 0 aliphatic heterocycles. The van der Waals surface area contributed by atoms with E-state index in [1.165, 1.54) is 16.7 Å². The zero-order chi connectivity index (χ0) is 11.5. The van der Waals surface area contributed by atoms with Crippen molar-refractivity contribution in [1.82, 2.24) is 0 Å². The summed E-state index contributed by atoms with van der Waals surface area (Å²) in [5, 5.41) is 0. The van der Waals surface area contributed by atoms with Crippen molar-refractivity contribution in [2.24, 2.45) is 5.41 Å². The third-order valence-corrected chi connectivity index (χ3v) is 2.87. The van der Waals surface area contributed by atoms with E-state index in [1.54, 1.807) is 0 Å². The van der Waals surface area contributed by atoms with Gasteiger partial charge in [0.1, 0.15) is 0 Å². The van der Waals surface area contributed by atoms with E-state index in [4.69, 9.17) is 0 Å². The standard InChI is InChI=1S/C15H20/c1-6-11-15(4,5)13(3)14-9-7-12(2)8-10-14/h6-10H,1,3,11H2,2,4-5H3. The van der Waals surface area contributed by atoms with E-state index in [0.29, 0.717) is 0 Å². The summed E-state index contributed by atoms with van der Waals surface area (Å²) >= 11 is 0. The lowest BCUT2D eigenvalue weighted by Gasteiger charge is -2.26. The molecular weight excluding hydrogens is 180 g/mol. The Morgan fingerprint density at radius 3 is 2.27 bits per heavy atom. The molecule has 0 N–H and O–H groups in total. The number of rotatable bonds is 4. The molecule has 0 saturated heterocycles. The summed E-state index contributed by atoms with van der Waals surface area (Å²) in [6.45, 7) is 14.5. The Hall–Kier alpha value is -1.30. The highest BCUT2D eigenvalue weighted by Gasteiger charge is 2.20. The normalized spacial score (nSPS) is 11.1. The van der Waals surface area contributed by atoms with Crippen molar-refractivity contribution in [3.63, 3.8) is 0 Å². The van der Waals surface area contributed by atoms with Crippen molar-refractivity contribution in [1.29, 1.82) is 0 Å². The zero-order valence-electron chi connectivity index (χ0n) is 10.0. The Bertz CT molecular complexity index is 352. The van der Waals surface area contributed by atoms with Gasteiger partial charge in [-0.1, -0.05) is 56.3 Å². The molecule has 0 atom stereocenters. The third-order valence-electron chi connectivity index (χ3n) is 2.87. The Morgan fingerprint density at radius 1 is 1.27 bits per heavy atom. The molecule has 1 aromatic carbocycles. The van der Waals surface area contributed by atoms with Crippen LogP contribution in [-0.2, 0) is 0 Å². The number of allylic oxidation sites excluding steroid dienone is 2. The van der Waals surface area contributed by atoms with Crippen LogP contribution in [0.3, 0.4) is 0 Å². The first kappa shape index (κ1) is 11.8. The molecule has 0 unspecified atom stereocenters. The molecule has 0 saturated carbocycles. The van der Waals surface area contributed by atoms with Crippen molar-refractivity contribution in [3.05, 3.63) is 54.6 Å². The second-order valence-corrected chi connectivity index (χ2v) is 4.72. The topological polar surface area (TPSA) is 0 Å². The van der Waals surface area contributed by atoms with Gasteiger partial charge in [-0.15, -0.1) is 6.58 Å². The predicted octanol–water partition coefficient (Wildman–Crippen LogP) is 4.61. The molecule has 0 spiro atoms. The van der Waals surface area contributed by atoms with Crippen molar-refractivity contribution in [2.75, 3.05) is 0 Å². The summed E-state index contributed by atoms with van der Waals surface area (Å²) in [7, 11) is 0. The Kier molecular flexibility index (Phi) is 3.52. The molecule has 1 aromatic rings. The minimum absolute atomic E-state index is 0.0943. The maximum Gasteiger partial charge on any atom is -0.00691 e. The van der Waals surface area contributed by atoms with Crippen molar-refractivity contribution >= 4 is 5.57 Å². The molecule has 0 aliphatic carbocycles. The van der Waals surface area contributed by atoms with Crippen LogP contribution in [0.4, 0.5) is 0 Å². The SMILES string of the molecule is C=CCC(C)(C)C(=C)c1ccc(C)cc1. The average Bonchev–Trinajstić information content (AvgIpc) is 2.18. The Labute approximate surface area is 93.3 Å². The van der Waals surface area contributed by atoms with Gasteiger partial charge in [-0.25, -0.2) is 0 Å². The van der Waals surface area contributed by atoms with E-state index < -0.39 is 0 Å². The van der Waals surface area contributed by atoms with Gasteiger partial charge < -0.3 is 0 Å². The minimum Gasteiger partial charge on any atom is -0.103 e. The molecule has 80 valence electrons. The predicted molar refractivity (Wildman–Crippen MR) is 68.8 cm³/mol. The van der Waals surface area contributed by atoms with Crippen LogP contribution in [0.2, 0.25) is 0 Å². The van der Waals surface area contributed by atoms with E-state index in [-0.39, 0.29) is 5.41 Å². The van der Waals surface area contributed by atoms with Crippen LogP contribution in [0.25, 0.3) is 5.57 Å². The summed E-state index contributed by atoms with van der Waals surface area (Å²) < 4.78 is 0. The van der Waals surface area contributed by atoms with Gasteiger partial charge in [-0.2, -0.15) is 0 Å². The van der Waals surface area contributed by atoms with Gasteiger partial charge in [-0.05, 0) is 29.9 Å². The van der Waals surface area contributed by atoms with Crippen LogP contribution in [0.1, 0.15) is 31.4 Å². The number of hydrogen-bond donors (Lipinski definition) is 0. The van der Waals surface area contributed by atoms with Gasteiger partial charge in [0, 0.05) is 0 Å². The molecule has 0 aliphatic rings. The first-order valence-corrected chi connectivity index (χ1v) is 5.34. The molecule has 15 heavy (non-hydrogen) atoms. The second kappa shape index (κ2) is 4.48. The van der Waals surface area contributed by atoms with Gasteiger partial charge in [-0.3, -0.25) is 0 Å². The van der Waals surface area contributed by atoms with Gasteiger partial charge in [0.2, 0.25) is 0 Å².